The summed E-state index contributed by atoms with van der Waals surface area (Å²) in [6, 6.07) is 2.20. The van der Waals surface area contributed by atoms with Gasteiger partial charge in [-0.25, -0.2) is 4.98 Å². The highest BCUT2D eigenvalue weighted by atomic mass is 127. The summed E-state index contributed by atoms with van der Waals surface area (Å²) in [6.07, 6.45) is 3.15. The van der Waals surface area contributed by atoms with E-state index in [1.807, 2.05) is 6.20 Å². The van der Waals surface area contributed by atoms with Gasteiger partial charge in [0.25, 0.3) is 0 Å². The van der Waals surface area contributed by atoms with E-state index in [4.69, 9.17) is 0 Å². The quantitative estimate of drug-likeness (QED) is 0.801. The number of pyridine rings is 1. The lowest BCUT2D eigenvalue weighted by atomic mass is 10.3. The van der Waals surface area contributed by atoms with Gasteiger partial charge in [0, 0.05) is 25.8 Å². The maximum absolute atomic E-state index is 4.53. The molecule has 1 aromatic heterocycles. The summed E-state index contributed by atoms with van der Waals surface area (Å²) in [5.41, 5.74) is 1.23. The van der Waals surface area contributed by atoms with E-state index in [0.717, 1.165) is 32.0 Å². The van der Waals surface area contributed by atoms with Gasteiger partial charge in [0.15, 0.2) is 0 Å². The molecule has 1 fully saturated rings. The fraction of sp³-hybridized carbons (Fsp3) is 0.545. The summed E-state index contributed by atoms with van der Waals surface area (Å²) in [6.45, 7) is 6.44. The molecule has 0 amide bonds. The topological polar surface area (TPSA) is 28.2 Å². The predicted molar refractivity (Wildman–Crippen MR) is 71.4 cm³/mol. The average molecular weight is 317 g/mol. The van der Waals surface area contributed by atoms with Gasteiger partial charge in [-0.05, 0) is 54.1 Å². The van der Waals surface area contributed by atoms with Crippen LogP contribution in [0.3, 0.4) is 0 Å². The first-order valence-electron chi connectivity index (χ1n) is 5.35. The third kappa shape index (κ3) is 2.81. The minimum Gasteiger partial charge on any atom is -0.354 e. The van der Waals surface area contributed by atoms with Crippen LogP contribution in [-0.4, -0.2) is 31.2 Å². The zero-order valence-corrected chi connectivity index (χ0v) is 11.1. The Balaban J connectivity index is 2.19. The number of hydrogen-bond acceptors (Lipinski definition) is 3. The smallest absolute Gasteiger partial charge is 0.142 e. The monoisotopic (exact) mass is 317 g/mol. The lowest BCUT2D eigenvalue weighted by Gasteiger charge is -2.22. The second kappa shape index (κ2) is 5.12. The number of aryl methyl sites for hydroxylation is 1. The molecule has 0 atom stereocenters. The maximum atomic E-state index is 4.53. The molecule has 2 heterocycles. The van der Waals surface area contributed by atoms with E-state index in [2.05, 4.69) is 50.8 Å². The number of rotatable bonds is 1. The molecule has 1 saturated heterocycles. The molecule has 0 unspecified atom stereocenters. The third-order valence-electron chi connectivity index (χ3n) is 2.60. The highest BCUT2D eigenvalue weighted by molar-refractivity contribution is 14.1. The Morgan fingerprint density at radius 3 is 3.07 bits per heavy atom. The summed E-state index contributed by atoms with van der Waals surface area (Å²) in [7, 11) is 0. The summed E-state index contributed by atoms with van der Waals surface area (Å²) in [5.74, 6) is 1.14. The summed E-state index contributed by atoms with van der Waals surface area (Å²) in [4.78, 5) is 6.91. The molecule has 0 aromatic carbocycles. The van der Waals surface area contributed by atoms with Crippen LogP contribution in [0.25, 0.3) is 0 Å². The Kier molecular flexibility index (Phi) is 3.80. The van der Waals surface area contributed by atoms with Crippen LogP contribution >= 0.6 is 22.6 Å². The molecule has 4 heteroatoms. The van der Waals surface area contributed by atoms with Crippen molar-refractivity contribution < 1.29 is 0 Å². The molecule has 0 aliphatic carbocycles. The van der Waals surface area contributed by atoms with E-state index in [-0.39, 0.29) is 0 Å². The number of nitrogens with one attached hydrogen (secondary N) is 1. The molecule has 1 aliphatic heterocycles. The molecule has 82 valence electrons. The Morgan fingerprint density at radius 1 is 1.40 bits per heavy atom. The molecule has 1 aromatic rings. The van der Waals surface area contributed by atoms with Gasteiger partial charge in [-0.15, -0.1) is 0 Å². The lowest BCUT2D eigenvalue weighted by molar-refractivity contribution is 0.724. The summed E-state index contributed by atoms with van der Waals surface area (Å²) in [5, 5.41) is 3.41. The minimum absolute atomic E-state index is 1.06. The van der Waals surface area contributed by atoms with Gasteiger partial charge >= 0.3 is 0 Å². The van der Waals surface area contributed by atoms with Crippen LogP contribution in [0.4, 0.5) is 5.82 Å². The molecular weight excluding hydrogens is 301 g/mol. The van der Waals surface area contributed by atoms with Crippen molar-refractivity contribution in [1.82, 2.24) is 10.3 Å². The maximum Gasteiger partial charge on any atom is 0.142 e. The number of nitrogens with zero attached hydrogens (tertiary/aromatic N) is 2. The van der Waals surface area contributed by atoms with E-state index >= 15 is 0 Å². The Morgan fingerprint density at radius 2 is 2.27 bits per heavy atom. The van der Waals surface area contributed by atoms with Crippen LogP contribution < -0.4 is 10.2 Å². The number of halogens is 1. The predicted octanol–water partition coefficient (Wildman–Crippen LogP) is 1.79. The second-order valence-corrected chi connectivity index (χ2v) is 5.07. The zero-order chi connectivity index (χ0) is 10.7. The normalized spacial score (nSPS) is 17.6. The summed E-state index contributed by atoms with van der Waals surface area (Å²) < 4.78 is 1.26. The van der Waals surface area contributed by atoms with E-state index in [1.54, 1.807) is 0 Å². The molecule has 1 N–H and O–H groups in total. The molecule has 2 rings (SSSR count). The van der Waals surface area contributed by atoms with Crippen molar-refractivity contribution in [1.29, 1.82) is 0 Å². The van der Waals surface area contributed by atoms with E-state index in [1.165, 1.54) is 15.6 Å². The zero-order valence-electron chi connectivity index (χ0n) is 8.96. The molecule has 0 bridgehead atoms. The van der Waals surface area contributed by atoms with Crippen LogP contribution in [0.15, 0.2) is 12.3 Å². The first kappa shape index (κ1) is 11.1. The first-order valence-corrected chi connectivity index (χ1v) is 6.43. The van der Waals surface area contributed by atoms with Gasteiger partial charge in [0.2, 0.25) is 0 Å². The van der Waals surface area contributed by atoms with E-state index < -0.39 is 0 Å². The Hall–Kier alpha value is -0.360. The van der Waals surface area contributed by atoms with Gasteiger partial charge in [0.1, 0.15) is 5.82 Å². The number of anilines is 1. The van der Waals surface area contributed by atoms with E-state index in [9.17, 15) is 0 Å². The van der Waals surface area contributed by atoms with Crippen LogP contribution in [0.5, 0.6) is 0 Å². The van der Waals surface area contributed by atoms with Crippen molar-refractivity contribution in [3.05, 3.63) is 21.4 Å². The standard InChI is InChI=1S/C11H16IN3/c1-9-7-10(12)11(14-8-9)15-5-2-3-13-4-6-15/h7-8,13H,2-6H2,1H3. The van der Waals surface area contributed by atoms with Crippen molar-refractivity contribution in [2.24, 2.45) is 0 Å². The highest BCUT2D eigenvalue weighted by Gasteiger charge is 2.13. The molecule has 0 radical (unpaired) electrons. The fourth-order valence-corrected chi connectivity index (χ4v) is 2.79. The lowest BCUT2D eigenvalue weighted by Crippen LogP contribution is -2.29. The number of aromatic nitrogens is 1. The largest absolute Gasteiger partial charge is 0.354 e. The van der Waals surface area contributed by atoms with Crippen molar-refractivity contribution in [3.8, 4) is 0 Å². The number of hydrogen-bond donors (Lipinski definition) is 1. The molecule has 0 spiro atoms. The molecule has 15 heavy (non-hydrogen) atoms. The minimum atomic E-state index is 1.06. The SMILES string of the molecule is Cc1cnc(N2CCCNCC2)c(I)c1. The Bertz CT molecular complexity index is 333. The van der Waals surface area contributed by atoms with Crippen molar-refractivity contribution in [2.75, 3.05) is 31.1 Å². The van der Waals surface area contributed by atoms with Crippen LogP contribution in [0, 0.1) is 10.5 Å². The van der Waals surface area contributed by atoms with Crippen molar-refractivity contribution in [2.45, 2.75) is 13.3 Å². The van der Waals surface area contributed by atoms with Crippen LogP contribution in [0.2, 0.25) is 0 Å². The van der Waals surface area contributed by atoms with Gasteiger partial charge in [-0.1, -0.05) is 0 Å². The van der Waals surface area contributed by atoms with Crippen molar-refractivity contribution >= 4 is 28.4 Å². The average Bonchev–Trinajstić information content (AvgIpc) is 2.46. The van der Waals surface area contributed by atoms with Gasteiger partial charge in [0.05, 0.1) is 3.57 Å². The first-order chi connectivity index (χ1) is 7.27. The molecule has 1 aliphatic rings. The van der Waals surface area contributed by atoms with Crippen LogP contribution in [0.1, 0.15) is 12.0 Å². The third-order valence-corrected chi connectivity index (χ3v) is 3.39. The summed E-state index contributed by atoms with van der Waals surface area (Å²) >= 11 is 2.38. The molecular formula is C11H16IN3. The molecule has 0 saturated carbocycles. The van der Waals surface area contributed by atoms with Crippen molar-refractivity contribution in [3.63, 3.8) is 0 Å². The second-order valence-electron chi connectivity index (χ2n) is 3.91. The van der Waals surface area contributed by atoms with Gasteiger partial charge in [-0.3, -0.25) is 0 Å². The van der Waals surface area contributed by atoms with E-state index in [0.29, 0.717) is 0 Å². The van der Waals surface area contributed by atoms with Crippen LogP contribution in [-0.2, 0) is 0 Å². The Labute approximate surface area is 104 Å². The fourth-order valence-electron chi connectivity index (χ4n) is 1.82. The highest BCUT2D eigenvalue weighted by Crippen LogP contribution is 2.20. The van der Waals surface area contributed by atoms with Gasteiger partial charge in [-0.2, -0.15) is 0 Å². The van der Waals surface area contributed by atoms with Gasteiger partial charge < -0.3 is 10.2 Å². The molecule has 3 nitrogen and oxygen atoms in total.